The molecule has 3 aliphatic heterocycles. The molecule has 1 spiro atoms. The van der Waals surface area contributed by atoms with Crippen LogP contribution in [0.4, 0.5) is 5.69 Å². The Morgan fingerprint density at radius 1 is 1.06 bits per heavy atom. The van der Waals surface area contributed by atoms with Gasteiger partial charge in [-0.25, -0.2) is 0 Å². The molecule has 7 nitrogen and oxygen atoms in total. The SMILES string of the molecule is CCc1cccc2c1NC(=O)C21NC(Cc2ccc(O)cc2)C2C(=O)N(C(C)CC)C(=O)C21. The van der Waals surface area contributed by atoms with Gasteiger partial charge in [0.15, 0.2) is 0 Å². The number of anilines is 1. The molecule has 5 atom stereocenters. The number of imide groups is 1. The minimum Gasteiger partial charge on any atom is -0.508 e. The van der Waals surface area contributed by atoms with Gasteiger partial charge in [0.2, 0.25) is 17.7 Å². The lowest BCUT2D eigenvalue weighted by molar-refractivity contribution is -0.145. The molecule has 0 aromatic heterocycles. The number of nitrogens with zero attached hydrogens (tertiary/aromatic N) is 1. The molecule has 3 aliphatic rings. The Morgan fingerprint density at radius 3 is 2.45 bits per heavy atom. The van der Waals surface area contributed by atoms with Crippen molar-refractivity contribution in [3.05, 3.63) is 59.2 Å². The molecule has 0 radical (unpaired) electrons. The van der Waals surface area contributed by atoms with Gasteiger partial charge >= 0.3 is 0 Å². The highest BCUT2D eigenvalue weighted by atomic mass is 16.3. The summed E-state index contributed by atoms with van der Waals surface area (Å²) in [5.41, 5.74) is 2.16. The van der Waals surface area contributed by atoms with Crippen molar-refractivity contribution in [2.75, 3.05) is 5.32 Å². The summed E-state index contributed by atoms with van der Waals surface area (Å²) >= 11 is 0. The fraction of sp³-hybridized carbons (Fsp3) is 0.423. The summed E-state index contributed by atoms with van der Waals surface area (Å²) in [4.78, 5) is 42.4. The molecule has 2 aromatic carbocycles. The smallest absolute Gasteiger partial charge is 0.250 e. The summed E-state index contributed by atoms with van der Waals surface area (Å²) in [6.07, 6.45) is 1.87. The number of rotatable bonds is 5. The summed E-state index contributed by atoms with van der Waals surface area (Å²) in [5.74, 6) is -2.02. The van der Waals surface area contributed by atoms with Crippen molar-refractivity contribution in [3.8, 4) is 5.75 Å². The lowest BCUT2D eigenvalue weighted by atomic mass is 9.76. The number of phenols is 1. The number of fused-ring (bicyclic) bond motifs is 4. The quantitative estimate of drug-likeness (QED) is 0.612. The van der Waals surface area contributed by atoms with Crippen LogP contribution < -0.4 is 10.6 Å². The van der Waals surface area contributed by atoms with Gasteiger partial charge < -0.3 is 10.4 Å². The monoisotopic (exact) mass is 447 g/mol. The van der Waals surface area contributed by atoms with Gasteiger partial charge in [0.1, 0.15) is 11.3 Å². The Morgan fingerprint density at radius 2 is 1.79 bits per heavy atom. The van der Waals surface area contributed by atoms with E-state index in [9.17, 15) is 19.5 Å². The van der Waals surface area contributed by atoms with Gasteiger partial charge in [-0.1, -0.05) is 44.2 Å². The van der Waals surface area contributed by atoms with Gasteiger partial charge in [-0.05, 0) is 49.4 Å². The predicted octanol–water partition coefficient (Wildman–Crippen LogP) is 2.72. The second kappa shape index (κ2) is 7.70. The normalized spacial score (nSPS) is 28.9. The number of aryl methyl sites for hydroxylation is 1. The van der Waals surface area contributed by atoms with Crippen LogP contribution in [0, 0.1) is 11.8 Å². The summed E-state index contributed by atoms with van der Waals surface area (Å²) < 4.78 is 0. The maximum atomic E-state index is 13.8. The van der Waals surface area contributed by atoms with Crippen molar-refractivity contribution in [2.45, 2.75) is 57.7 Å². The topological polar surface area (TPSA) is 98.7 Å². The van der Waals surface area contributed by atoms with E-state index < -0.39 is 23.4 Å². The molecule has 5 unspecified atom stereocenters. The van der Waals surface area contributed by atoms with Crippen LogP contribution in [0.25, 0.3) is 0 Å². The average Bonchev–Trinajstić information content (AvgIpc) is 3.39. The van der Waals surface area contributed by atoms with Crippen molar-refractivity contribution in [1.82, 2.24) is 10.2 Å². The Labute approximate surface area is 193 Å². The van der Waals surface area contributed by atoms with E-state index >= 15 is 0 Å². The second-order valence-electron chi connectivity index (χ2n) is 9.38. The largest absolute Gasteiger partial charge is 0.508 e. The Bertz CT molecular complexity index is 1140. The molecule has 5 rings (SSSR count). The Balaban J connectivity index is 1.65. The van der Waals surface area contributed by atoms with Crippen LogP contribution in [0.5, 0.6) is 5.75 Å². The number of phenolic OH excluding ortho intramolecular Hbond substituents is 1. The third-order valence-electron chi connectivity index (χ3n) is 7.67. The van der Waals surface area contributed by atoms with E-state index in [0.717, 1.165) is 28.8 Å². The number of para-hydroxylation sites is 1. The van der Waals surface area contributed by atoms with E-state index in [1.807, 2.05) is 51.1 Å². The van der Waals surface area contributed by atoms with Crippen LogP contribution in [0.3, 0.4) is 0 Å². The van der Waals surface area contributed by atoms with Gasteiger partial charge in [0.05, 0.1) is 11.8 Å². The maximum Gasteiger partial charge on any atom is 0.250 e. The first-order valence-electron chi connectivity index (χ1n) is 11.7. The summed E-state index contributed by atoms with van der Waals surface area (Å²) in [6.45, 7) is 5.86. The van der Waals surface area contributed by atoms with E-state index in [4.69, 9.17) is 0 Å². The number of nitrogens with one attached hydrogen (secondary N) is 2. The molecule has 2 saturated heterocycles. The Hall–Kier alpha value is -3.19. The van der Waals surface area contributed by atoms with Crippen molar-refractivity contribution >= 4 is 23.4 Å². The van der Waals surface area contributed by atoms with Crippen molar-refractivity contribution < 1.29 is 19.5 Å². The summed E-state index contributed by atoms with van der Waals surface area (Å²) in [6, 6.07) is 12.0. The van der Waals surface area contributed by atoms with Gasteiger partial charge in [-0.3, -0.25) is 24.6 Å². The highest BCUT2D eigenvalue weighted by molar-refractivity contribution is 6.15. The maximum absolute atomic E-state index is 13.8. The zero-order valence-corrected chi connectivity index (χ0v) is 19.1. The molecule has 0 aliphatic carbocycles. The zero-order valence-electron chi connectivity index (χ0n) is 19.1. The number of carbonyl (C=O) groups excluding carboxylic acids is 3. The molecule has 7 heteroatoms. The molecular weight excluding hydrogens is 418 g/mol. The molecule has 2 fully saturated rings. The molecule has 2 aromatic rings. The number of hydrogen-bond acceptors (Lipinski definition) is 5. The standard InChI is InChI=1S/C26H29N3O4/c1-4-14(3)29-23(31)20-19(13-15-9-11-17(30)12-10-15)28-26(21(20)24(29)32)18-8-6-7-16(5-2)22(18)27-25(26)33/h6-12,14,19-21,28,30H,4-5,13H2,1-3H3,(H,27,33). The minimum absolute atomic E-state index is 0.165. The molecule has 3 N–H and O–H groups in total. The second-order valence-corrected chi connectivity index (χ2v) is 9.38. The first-order chi connectivity index (χ1) is 15.8. The molecule has 3 heterocycles. The van der Waals surface area contributed by atoms with E-state index in [1.54, 1.807) is 12.1 Å². The van der Waals surface area contributed by atoms with Crippen LogP contribution in [0.1, 0.15) is 43.9 Å². The van der Waals surface area contributed by atoms with Crippen molar-refractivity contribution in [3.63, 3.8) is 0 Å². The molecular formula is C26H29N3O4. The molecule has 0 bridgehead atoms. The third kappa shape index (κ3) is 2.95. The van der Waals surface area contributed by atoms with Crippen LogP contribution >= 0.6 is 0 Å². The van der Waals surface area contributed by atoms with Crippen LogP contribution in [0.15, 0.2) is 42.5 Å². The number of carbonyl (C=O) groups is 3. The number of hydrogen-bond donors (Lipinski definition) is 3. The molecule has 3 amide bonds. The van der Waals surface area contributed by atoms with Crippen LogP contribution in [0.2, 0.25) is 0 Å². The van der Waals surface area contributed by atoms with E-state index in [2.05, 4.69) is 10.6 Å². The fourth-order valence-corrected chi connectivity index (χ4v) is 5.88. The number of benzene rings is 2. The van der Waals surface area contributed by atoms with Crippen LogP contribution in [-0.2, 0) is 32.8 Å². The van der Waals surface area contributed by atoms with E-state index in [1.165, 1.54) is 4.90 Å². The van der Waals surface area contributed by atoms with Gasteiger partial charge in [0, 0.05) is 23.3 Å². The number of amides is 3. The number of aromatic hydroxyl groups is 1. The van der Waals surface area contributed by atoms with Gasteiger partial charge in [-0.15, -0.1) is 0 Å². The third-order valence-corrected chi connectivity index (χ3v) is 7.67. The average molecular weight is 448 g/mol. The van der Waals surface area contributed by atoms with E-state index in [-0.39, 0.29) is 29.5 Å². The highest BCUT2D eigenvalue weighted by Gasteiger charge is 2.70. The van der Waals surface area contributed by atoms with Crippen LogP contribution in [-0.4, -0.2) is 39.8 Å². The molecule has 172 valence electrons. The minimum atomic E-state index is -1.28. The predicted molar refractivity (Wildman–Crippen MR) is 123 cm³/mol. The van der Waals surface area contributed by atoms with Gasteiger partial charge in [0.25, 0.3) is 0 Å². The summed E-state index contributed by atoms with van der Waals surface area (Å²) in [7, 11) is 0. The number of likely N-dealkylation sites (tertiary alicyclic amines) is 1. The lowest BCUT2D eigenvalue weighted by Gasteiger charge is -2.31. The fourth-order valence-electron chi connectivity index (χ4n) is 5.88. The summed E-state index contributed by atoms with van der Waals surface area (Å²) in [5, 5.41) is 16.2. The van der Waals surface area contributed by atoms with Crippen molar-refractivity contribution in [1.29, 1.82) is 0 Å². The molecule has 33 heavy (non-hydrogen) atoms. The first-order valence-corrected chi connectivity index (χ1v) is 11.7. The van der Waals surface area contributed by atoms with E-state index in [0.29, 0.717) is 12.8 Å². The Kier molecular flexibility index (Phi) is 5.05. The highest BCUT2D eigenvalue weighted by Crippen LogP contribution is 2.54. The zero-order chi connectivity index (χ0) is 23.5. The van der Waals surface area contributed by atoms with Gasteiger partial charge in [-0.2, -0.15) is 0 Å². The first kappa shape index (κ1) is 21.6. The van der Waals surface area contributed by atoms with Crippen molar-refractivity contribution in [2.24, 2.45) is 11.8 Å². The molecule has 0 saturated carbocycles. The lowest BCUT2D eigenvalue weighted by Crippen LogP contribution is -2.54.